The number of rotatable bonds is 7. The Labute approximate surface area is 114 Å². The summed E-state index contributed by atoms with van der Waals surface area (Å²) >= 11 is 0. The van der Waals surface area contributed by atoms with Crippen LogP contribution >= 0.6 is 0 Å². The van der Waals surface area contributed by atoms with Crippen molar-refractivity contribution in [1.82, 2.24) is 5.32 Å². The van der Waals surface area contributed by atoms with Crippen LogP contribution in [0, 0.1) is 36.0 Å². The molecular weight excluding hydrogens is 218 g/mol. The van der Waals surface area contributed by atoms with Crippen LogP contribution in [0.25, 0.3) is 0 Å². The first kappa shape index (κ1) is 15.6. The van der Waals surface area contributed by atoms with Crippen molar-refractivity contribution in [1.29, 1.82) is 0 Å². The Morgan fingerprint density at radius 1 is 1.28 bits per heavy atom. The van der Waals surface area contributed by atoms with Gasteiger partial charge in [-0.1, -0.05) is 40.0 Å². The lowest BCUT2D eigenvalue weighted by Gasteiger charge is -2.35. The first-order valence-electron chi connectivity index (χ1n) is 7.81. The molecule has 3 unspecified atom stereocenters. The average Bonchev–Trinajstić information content (AvgIpc) is 2.32. The molecule has 0 amide bonds. The van der Waals surface area contributed by atoms with Crippen LogP contribution in [0.15, 0.2) is 0 Å². The molecule has 1 fully saturated rings. The van der Waals surface area contributed by atoms with Gasteiger partial charge in [0, 0.05) is 6.42 Å². The van der Waals surface area contributed by atoms with E-state index in [2.05, 4.69) is 32.0 Å². The summed E-state index contributed by atoms with van der Waals surface area (Å²) in [5.41, 5.74) is 0. The lowest BCUT2D eigenvalue weighted by molar-refractivity contribution is 0.170. The third-order valence-electron chi connectivity index (χ3n) is 4.28. The zero-order valence-electron chi connectivity index (χ0n) is 12.5. The van der Waals surface area contributed by atoms with Crippen LogP contribution in [0.1, 0.15) is 59.3 Å². The molecule has 18 heavy (non-hydrogen) atoms. The van der Waals surface area contributed by atoms with Gasteiger partial charge in [-0.05, 0) is 49.6 Å². The first-order chi connectivity index (χ1) is 8.67. The fraction of sp³-hybridized carbons (Fsp3) is 0.882. The van der Waals surface area contributed by atoms with Gasteiger partial charge in [0.05, 0.1) is 0 Å². The number of terminal acetylenes is 1. The van der Waals surface area contributed by atoms with Crippen molar-refractivity contribution in [3.8, 4) is 12.3 Å². The Bertz CT molecular complexity index is 251. The lowest BCUT2D eigenvalue weighted by Crippen LogP contribution is -2.34. The number of hydrogen-bond donors (Lipinski definition) is 1. The zero-order valence-corrected chi connectivity index (χ0v) is 12.5. The van der Waals surface area contributed by atoms with Gasteiger partial charge in [-0.25, -0.2) is 0 Å². The highest BCUT2D eigenvalue weighted by atomic mass is 14.9. The Balaban J connectivity index is 2.38. The van der Waals surface area contributed by atoms with Gasteiger partial charge in [-0.3, -0.25) is 0 Å². The summed E-state index contributed by atoms with van der Waals surface area (Å²) in [6.45, 7) is 9.14. The van der Waals surface area contributed by atoms with E-state index in [1.54, 1.807) is 0 Å². The Morgan fingerprint density at radius 2 is 2.06 bits per heavy atom. The van der Waals surface area contributed by atoms with Gasteiger partial charge in [0.15, 0.2) is 0 Å². The van der Waals surface area contributed by atoms with Crippen LogP contribution in [0.5, 0.6) is 0 Å². The summed E-state index contributed by atoms with van der Waals surface area (Å²) < 4.78 is 0. The quantitative estimate of drug-likeness (QED) is 0.670. The fourth-order valence-corrected chi connectivity index (χ4v) is 3.32. The average molecular weight is 249 g/mol. The van der Waals surface area contributed by atoms with Crippen molar-refractivity contribution in [3.63, 3.8) is 0 Å². The summed E-state index contributed by atoms with van der Waals surface area (Å²) in [5.74, 6) is 6.16. The van der Waals surface area contributed by atoms with Gasteiger partial charge >= 0.3 is 0 Å². The van der Waals surface area contributed by atoms with Crippen molar-refractivity contribution in [2.45, 2.75) is 59.3 Å². The minimum atomic E-state index is 0.743. The summed E-state index contributed by atoms with van der Waals surface area (Å²) in [6, 6.07) is 0. The molecule has 0 heterocycles. The normalized spacial score (nSPS) is 28.3. The van der Waals surface area contributed by atoms with E-state index in [1.165, 1.54) is 38.6 Å². The third-order valence-corrected chi connectivity index (χ3v) is 4.28. The monoisotopic (exact) mass is 249 g/mol. The van der Waals surface area contributed by atoms with Crippen LogP contribution in [0.3, 0.4) is 0 Å². The fourth-order valence-electron chi connectivity index (χ4n) is 3.32. The van der Waals surface area contributed by atoms with E-state index in [4.69, 9.17) is 6.42 Å². The van der Waals surface area contributed by atoms with E-state index >= 15 is 0 Å². The second kappa shape index (κ2) is 8.59. The molecule has 3 atom stereocenters. The van der Waals surface area contributed by atoms with Gasteiger partial charge in [-0.2, -0.15) is 0 Å². The first-order valence-corrected chi connectivity index (χ1v) is 7.81. The van der Waals surface area contributed by atoms with Crippen molar-refractivity contribution in [3.05, 3.63) is 0 Å². The SMILES string of the molecule is C#CCC1CC(CCC)CCC1CNCC(C)C. The predicted octanol–water partition coefficient (Wildman–Crippen LogP) is 4.09. The molecule has 0 spiro atoms. The maximum atomic E-state index is 5.55. The van der Waals surface area contributed by atoms with Crippen molar-refractivity contribution in [2.24, 2.45) is 23.7 Å². The van der Waals surface area contributed by atoms with Crippen LogP contribution in [0.2, 0.25) is 0 Å². The van der Waals surface area contributed by atoms with Gasteiger partial charge in [0.2, 0.25) is 0 Å². The molecule has 1 rings (SSSR count). The molecule has 0 aromatic carbocycles. The second-order valence-electron chi connectivity index (χ2n) is 6.45. The molecular formula is C17H31N. The van der Waals surface area contributed by atoms with Gasteiger partial charge in [-0.15, -0.1) is 12.3 Å². The molecule has 0 aromatic heterocycles. The lowest BCUT2D eigenvalue weighted by atomic mass is 9.71. The van der Waals surface area contributed by atoms with Gasteiger partial charge < -0.3 is 5.32 Å². The summed E-state index contributed by atoms with van der Waals surface area (Å²) in [7, 11) is 0. The van der Waals surface area contributed by atoms with Crippen LogP contribution in [0.4, 0.5) is 0 Å². The molecule has 1 nitrogen and oxygen atoms in total. The molecule has 1 N–H and O–H groups in total. The maximum absolute atomic E-state index is 5.55. The number of nitrogens with one attached hydrogen (secondary N) is 1. The van der Waals surface area contributed by atoms with Crippen LogP contribution in [-0.4, -0.2) is 13.1 Å². The standard InChI is InChI=1S/C17H31N/c1-5-7-15-9-10-17(13-18-12-14(3)4)16(11-15)8-6-2/h2,14-18H,5,7-13H2,1,3-4H3. The van der Waals surface area contributed by atoms with Gasteiger partial charge in [0.25, 0.3) is 0 Å². The van der Waals surface area contributed by atoms with Crippen molar-refractivity contribution < 1.29 is 0 Å². The minimum absolute atomic E-state index is 0.743. The topological polar surface area (TPSA) is 12.0 Å². The largest absolute Gasteiger partial charge is 0.316 e. The highest BCUT2D eigenvalue weighted by Gasteiger charge is 2.29. The van der Waals surface area contributed by atoms with Crippen molar-refractivity contribution in [2.75, 3.05) is 13.1 Å². The third kappa shape index (κ3) is 5.44. The molecule has 0 saturated heterocycles. The van der Waals surface area contributed by atoms with Crippen LogP contribution in [-0.2, 0) is 0 Å². The summed E-state index contributed by atoms with van der Waals surface area (Å²) in [6.07, 6.45) is 13.4. The second-order valence-corrected chi connectivity index (χ2v) is 6.45. The number of hydrogen-bond acceptors (Lipinski definition) is 1. The highest BCUT2D eigenvalue weighted by molar-refractivity contribution is 4.92. The Hall–Kier alpha value is -0.480. The molecule has 1 aliphatic carbocycles. The Kier molecular flexibility index (Phi) is 7.44. The minimum Gasteiger partial charge on any atom is -0.316 e. The highest BCUT2D eigenvalue weighted by Crippen LogP contribution is 2.37. The van der Waals surface area contributed by atoms with E-state index in [1.807, 2.05) is 0 Å². The van der Waals surface area contributed by atoms with E-state index in [0.717, 1.165) is 36.6 Å². The predicted molar refractivity (Wildman–Crippen MR) is 80.4 cm³/mol. The maximum Gasteiger partial charge on any atom is 0.0118 e. The Morgan fingerprint density at radius 3 is 2.67 bits per heavy atom. The zero-order chi connectivity index (χ0) is 13.4. The van der Waals surface area contributed by atoms with E-state index in [0.29, 0.717) is 0 Å². The molecule has 0 bridgehead atoms. The summed E-state index contributed by atoms with van der Waals surface area (Å²) in [5, 5.41) is 3.62. The van der Waals surface area contributed by atoms with E-state index in [-0.39, 0.29) is 0 Å². The molecule has 1 aliphatic rings. The van der Waals surface area contributed by atoms with E-state index < -0.39 is 0 Å². The molecule has 1 saturated carbocycles. The summed E-state index contributed by atoms with van der Waals surface area (Å²) in [4.78, 5) is 0. The van der Waals surface area contributed by atoms with E-state index in [9.17, 15) is 0 Å². The van der Waals surface area contributed by atoms with Crippen molar-refractivity contribution >= 4 is 0 Å². The molecule has 0 aromatic rings. The van der Waals surface area contributed by atoms with Gasteiger partial charge in [0.1, 0.15) is 0 Å². The molecule has 104 valence electrons. The van der Waals surface area contributed by atoms with Crippen LogP contribution < -0.4 is 5.32 Å². The molecule has 0 radical (unpaired) electrons. The molecule has 0 aliphatic heterocycles. The smallest absolute Gasteiger partial charge is 0.0118 e. The molecule has 1 heteroatoms.